The van der Waals surface area contributed by atoms with E-state index in [1.165, 1.54) is 31.4 Å². The predicted octanol–water partition coefficient (Wildman–Crippen LogP) is 4.93. The van der Waals surface area contributed by atoms with Gasteiger partial charge in [-0.15, -0.1) is 0 Å². The first-order valence-corrected chi connectivity index (χ1v) is 9.43. The minimum absolute atomic E-state index is 0.394. The first kappa shape index (κ1) is 20.2. The third kappa shape index (κ3) is 4.56. The van der Waals surface area contributed by atoms with Crippen LogP contribution in [0.5, 0.6) is 5.75 Å². The van der Waals surface area contributed by atoms with Crippen LogP contribution in [0.15, 0.2) is 71.2 Å². The lowest BCUT2D eigenvalue weighted by Gasteiger charge is -2.10. The fourth-order valence-electron chi connectivity index (χ4n) is 3.16. The number of esters is 1. The molecule has 0 aliphatic carbocycles. The van der Waals surface area contributed by atoms with Gasteiger partial charge in [-0.1, -0.05) is 30.3 Å². The van der Waals surface area contributed by atoms with Gasteiger partial charge in [-0.3, -0.25) is 4.79 Å². The van der Waals surface area contributed by atoms with Gasteiger partial charge in [0.05, 0.1) is 12.8 Å². The van der Waals surface area contributed by atoms with Crippen molar-refractivity contribution >= 4 is 45.6 Å². The molecule has 31 heavy (non-hydrogen) atoms. The second kappa shape index (κ2) is 8.71. The number of hydrogen-bond acceptors (Lipinski definition) is 5. The zero-order valence-corrected chi connectivity index (χ0v) is 16.6. The van der Waals surface area contributed by atoms with E-state index in [4.69, 9.17) is 13.9 Å². The van der Waals surface area contributed by atoms with Gasteiger partial charge in [0.25, 0.3) is 5.91 Å². The van der Waals surface area contributed by atoms with E-state index in [1.54, 1.807) is 18.2 Å². The van der Waals surface area contributed by atoms with E-state index in [9.17, 15) is 14.0 Å². The highest BCUT2D eigenvalue weighted by molar-refractivity contribution is 6.08. The Bertz CT molecular complexity index is 1310. The lowest BCUT2D eigenvalue weighted by Crippen LogP contribution is -2.20. The number of benzene rings is 3. The Morgan fingerprint density at radius 3 is 2.68 bits per heavy atom. The van der Waals surface area contributed by atoms with E-state index >= 15 is 0 Å². The van der Waals surface area contributed by atoms with Crippen LogP contribution >= 0.6 is 0 Å². The molecular formula is C24H18FNO5. The van der Waals surface area contributed by atoms with Crippen molar-refractivity contribution in [3.8, 4) is 5.75 Å². The molecule has 0 saturated carbocycles. The molecule has 0 radical (unpaired) electrons. The van der Waals surface area contributed by atoms with Crippen LogP contribution in [0.2, 0.25) is 0 Å². The smallest absolute Gasteiger partial charge is 0.331 e. The van der Waals surface area contributed by atoms with Crippen LogP contribution in [-0.2, 0) is 14.3 Å². The molecule has 1 aromatic heterocycles. The average molecular weight is 419 g/mol. The second-order valence-electron chi connectivity index (χ2n) is 6.69. The molecule has 1 amide bonds. The molecule has 0 aliphatic rings. The second-order valence-corrected chi connectivity index (χ2v) is 6.69. The summed E-state index contributed by atoms with van der Waals surface area (Å²) in [7, 11) is 1.50. The largest absolute Gasteiger partial charge is 0.495 e. The van der Waals surface area contributed by atoms with E-state index in [0.29, 0.717) is 22.6 Å². The van der Waals surface area contributed by atoms with E-state index < -0.39 is 24.3 Å². The molecule has 0 saturated heterocycles. The number of halogens is 1. The van der Waals surface area contributed by atoms with Crippen molar-refractivity contribution in [3.63, 3.8) is 0 Å². The first-order valence-electron chi connectivity index (χ1n) is 9.43. The molecule has 1 N–H and O–H groups in total. The Balaban J connectivity index is 1.43. The summed E-state index contributed by atoms with van der Waals surface area (Å²) < 4.78 is 29.3. The number of para-hydroxylation sites is 1. The minimum Gasteiger partial charge on any atom is -0.495 e. The van der Waals surface area contributed by atoms with Crippen molar-refractivity contribution in [1.29, 1.82) is 0 Å². The summed E-state index contributed by atoms with van der Waals surface area (Å²) in [6, 6.07) is 16.8. The number of carbonyl (C=O) groups is 2. The average Bonchev–Trinajstić information content (AvgIpc) is 3.13. The fourth-order valence-corrected chi connectivity index (χ4v) is 3.16. The van der Waals surface area contributed by atoms with E-state index in [1.807, 2.05) is 24.3 Å². The minimum atomic E-state index is -0.723. The number of amides is 1. The van der Waals surface area contributed by atoms with E-state index in [0.717, 1.165) is 22.4 Å². The normalized spacial score (nSPS) is 11.2. The third-order valence-corrected chi connectivity index (χ3v) is 4.58. The quantitative estimate of drug-likeness (QED) is 0.354. The lowest BCUT2D eigenvalue weighted by molar-refractivity contribution is -0.142. The Morgan fingerprint density at radius 1 is 1.03 bits per heavy atom. The van der Waals surface area contributed by atoms with Crippen LogP contribution in [0.25, 0.3) is 28.0 Å². The summed E-state index contributed by atoms with van der Waals surface area (Å²) in [5, 5.41) is 4.46. The molecule has 0 spiro atoms. The number of ether oxygens (including phenoxy) is 2. The zero-order valence-electron chi connectivity index (χ0n) is 16.6. The van der Waals surface area contributed by atoms with Crippen molar-refractivity contribution in [3.05, 3.63) is 78.1 Å². The zero-order chi connectivity index (χ0) is 21.8. The van der Waals surface area contributed by atoms with Gasteiger partial charge in [-0.05, 0) is 35.9 Å². The fraction of sp³-hybridized carbons (Fsp3) is 0.0833. The maximum Gasteiger partial charge on any atom is 0.331 e. The first-order chi connectivity index (χ1) is 15.0. The van der Waals surface area contributed by atoms with Gasteiger partial charge < -0.3 is 19.2 Å². The summed E-state index contributed by atoms with van der Waals surface area (Å²) in [5.74, 6) is -1.23. The molecule has 7 heteroatoms. The summed E-state index contributed by atoms with van der Waals surface area (Å²) in [4.78, 5) is 24.1. The molecule has 0 unspecified atom stereocenters. The number of carbonyl (C=O) groups excluding carboxylic acids is 2. The molecular weight excluding hydrogens is 401 g/mol. The number of anilines is 1. The van der Waals surface area contributed by atoms with Crippen LogP contribution in [0.4, 0.5) is 10.1 Å². The topological polar surface area (TPSA) is 77.8 Å². The number of rotatable bonds is 6. The molecule has 0 atom stereocenters. The summed E-state index contributed by atoms with van der Waals surface area (Å²) >= 11 is 0. The standard InChI is InChI=1S/C24H18FNO5/c1-29-22-12-18-17-7-2-3-8-20(17)31-21(18)13-19(22)26-23(27)14-30-24(28)10-9-15-5-4-6-16(25)11-15/h2-13H,14H2,1H3,(H,26,27)/b10-9+. The van der Waals surface area contributed by atoms with Crippen molar-refractivity contribution in [2.45, 2.75) is 0 Å². The Labute approximate surface area is 176 Å². The van der Waals surface area contributed by atoms with Gasteiger partial charge >= 0.3 is 5.97 Å². The van der Waals surface area contributed by atoms with Gasteiger partial charge in [-0.2, -0.15) is 0 Å². The number of nitrogens with one attached hydrogen (secondary N) is 1. The molecule has 0 aliphatic heterocycles. The summed E-state index contributed by atoms with van der Waals surface area (Å²) in [6.45, 7) is -0.492. The van der Waals surface area contributed by atoms with E-state index in [2.05, 4.69) is 5.32 Å². The number of furan rings is 1. The van der Waals surface area contributed by atoms with Crippen molar-refractivity contribution in [1.82, 2.24) is 0 Å². The molecule has 0 bridgehead atoms. The number of hydrogen-bond donors (Lipinski definition) is 1. The highest BCUT2D eigenvalue weighted by Gasteiger charge is 2.14. The van der Waals surface area contributed by atoms with Crippen molar-refractivity contribution in [2.75, 3.05) is 19.0 Å². The Morgan fingerprint density at radius 2 is 1.87 bits per heavy atom. The molecule has 4 aromatic rings. The Kier molecular flexibility index (Phi) is 5.66. The summed E-state index contributed by atoms with van der Waals surface area (Å²) in [5.41, 5.74) is 2.21. The van der Waals surface area contributed by atoms with Gasteiger partial charge in [0.1, 0.15) is 22.7 Å². The Hall–Kier alpha value is -4.13. The van der Waals surface area contributed by atoms with Crippen LogP contribution in [0.1, 0.15) is 5.56 Å². The maximum atomic E-state index is 13.2. The monoisotopic (exact) mass is 419 g/mol. The molecule has 4 rings (SSSR count). The molecule has 3 aromatic carbocycles. The molecule has 156 valence electrons. The predicted molar refractivity (Wildman–Crippen MR) is 115 cm³/mol. The summed E-state index contributed by atoms with van der Waals surface area (Å²) in [6.07, 6.45) is 2.53. The number of methoxy groups -OCH3 is 1. The lowest BCUT2D eigenvalue weighted by atomic mass is 10.1. The van der Waals surface area contributed by atoms with Crippen LogP contribution < -0.4 is 10.1 Å². The molecule has 1 heterocycles. The van der Waals surface area contributed by atoms with E-state index in [-0.39, 0.29) is 0 Å². The maximum absolute atomic E-state index is 13.2. The van der Waals surface area contributed by atoms with Gasteiger partial charge in [-0.25, -0.2) is 9.18 Å². The molecule has 0 fully saturated rings. The van der Waals surface area contributed by atoms with Crippen LogP contribution in [0, 0.1) is 5.82 Å². The van der Waals surface area contributed by atoms with Gasteiger partial charge in [0.2, 0.25) is 0 Å². The highest BCUT2D eigenvalue weighted by Crippen LogP contribution is 2.36. The van der Waals surface area contributed by atoms with Gasteiger partial charge in [0, 0.05) is 22.9 Å². The van der Waals surface area contributed by atoms with Crippen LogP contribution in [0.3, 0.4) is 0 Å². The third-order valence-electron chi connectivity index (χ3n) is 4.58. The van der Waals surface area contributed by atoms with Crippen LogP contribution in [-0.4, -0.2) is 25.6 Å². The number of fused-ring (bicyclic) bond motifs is 3. The van der Waals surface area contributed by atoms with Crippen molar-refractivity contribution in [2.24, 2.45) is 0 Å². The van der Waals surface area contributed by atoms with Gasteiger partial charge in [0.15, 0.2) is 6.61 Å². The van der Waals surface area contributed by atoms with Crippen molar-refractivity contribution < 1.29 is 27.9 Å². The molecule has 6 nitrogen and oxygen atoms in total. The highest BCUT2D eigenvalue weighted by atomic mass is 19.1. The SMILES string of the molecule is COc1cc2c(cc1NC(=O)COC(=O)/C=C/c1cccc(F)c1)oc1ccccc12.